The first-order chi connectivity index (χ1) is 14.6. The summed E-state index contributed by atoms with van der Waals surface area (Å²) in [6.45, 7) is 5.03. The molecule has 2 heterocycles. The van der Waals surface area contributed by atoms with E-state index in [0.29, 0.717) is 17.6 Å². The highest BCUT2D eigenvalue weighted by Crippen LogP contribution is 2.27. The van der Waals surface area contributed by atoms with Crippen molar-refractivity contribution in [3.8, 4) is 6.07 Å². The molecule has 160 valence electrons. The molecule has 2 aliphatic rings. The maximum atomic E-state index is 9.20. The van der Waals surface area contributed by atoms with Gasteiger partial charge in [-0.3, -0.25) is 9.80 Å². The Morgan fingerprint density at radius 1 is 0.833 bits per heavy atom. The van der Waals surface area contributed by atoms with Crippen molar-refractivity contribution in [1.29, 1.82) is 5.26 Å². The third-order valence-electron chi connectivity index (χ3n) is 5.83. The van der Waals surface area contributed by atoms with Crippen molar-refractivity contribution in [1.82, 2.24) is 9.80 Å². The highest BCUT2D eigenvalue weighted by Gasteiger charge is 2.23. The van der Waals surface area contributed by atoms with E-state index in [0.717, 1.165) is 36.8 Å². The van der Waals surface area contributed by atoms with E-state index in [9.17, 15) is 5.26 Å². The number of rotatable bonds is 5. The Labute approximate surface area is 190 Å². The number of hydrogen-bond acceptors (Lipinski definition) is 4. The molecule has 2 atom stereocenters. The van der Waals surface area contributed by atoms with Crippen molar-refractivity contribution in [3.63, 3.8) is 0 Å². The van der Waals surface area contributed by atoms with Gasteiger partial charge in [-0.15, -0.1) is 0 Å². The molecule has 2 saturated heterocycles. The number of nitrogens with zero attached hydrogens (tertiary/aromatic N) is 3. The summed E-state index contributed by atoms with van der Waals surface area (Å²) in [5.41, 5.74) is 8.10. The van der Waals surface area contributed by atoms with Gasteiger partial charge in [-0.2, -0.15) is 5.26 Å². The van der Waals surface area contributed by atoms with E-state index >= 15 is 0 Å². The van der Waals surface area contributed by atoms with Gasteiger partial charge >= 0.3 is 0 Å². The lowest BCUT2D eigenvalue weighted by molar-refractivity contribution is 0.251. The monoisotopic (exact) mass is 444 g/mol. The quantitative estimate of drug-likeness (QED) is 0.666. The summed E-state index contributed by atoms with van der Waals surface area (Å²) in [6.07, 6.45) is 4.96. The molecule has 6 heteroatoms. The van der Waals surface area contributed by atoms with Crippen LogP contribution in [-0.2, 0) is 0 Å². The van der Waals surface area contributed by atoms with Crippen molar-refractivity contribution in [2.24, 2.45) is 5.73 Å². The smallest absolute Gasteiger partial charge is 0.123 e. The lowest BCUT2D eigenvalue weighted by Crippen LogP contribution is -2.31. The summed E-state index contributed by atoms with van der Waals surface area (Å²) in [5, 5.41) is 10.7. The topological polar surface area (TPSA) is 56.3 Å². The molecule has 2 aromatic rings. The van der Waals surface area contributed by atoms with E-state index in [2.05, 4.69) is 21.9 Å². The Balaban J connectivity index is 0.000000171. The van der Waals surface area contributed by atoms with Gasteiger partial charge in [0.05, 0.1) is 6.07 Å². The molecule has 30 heavy (non-hydrogen) atoms. The number of hydrogen-bond donors (Lipinski definition) is 1. The molecule has 0 spiro atoms. The minimum absolute atomic E-state index is 0.133. The largest absolute Gasteiger partial charge is 0.329 e. The van der Waals surface area contributed by atoms with Gasteiger partial charge in [0, 0.05) is 22.6 Å². The Morgan fingerprint density at radius 3 is 1.83 bits per heavy atom. The third-order valence-corrected chi connectivity index (χ3v) is 6.30. The first-order valence-corrected chi connectivity index (χ1v) is 11.5. The highest BCUT2D eigenvalue weighted by molar-refractivity contribution is 6.30. The van der Waals surface area contributed by atoms with Crippen molar-refractivity contribution in [2.75, 3.05) is 32.7 Å². The fourth-order valence-electron chi connectivity index (χ4n) is 4.31. The van der Waals surface area contributed by atoms with Gasteiger partial charge in [-0.05, 0) is 87.3 Å². The summed E-state index contributed by atoms with van der Waals surface area (Å²) in [4.78, 5) is 4.66. The molecular formula is C24H30Cl2N4. The second-order valence-electron chi connectivity index (χ2n) is 7.88. The molecular weight excluding hydrogens is 415 g/mol. The zero-order chi connectivity index (χ0) is 21.3. The molecule has 0 bridgehead atoms. The second kappa shape index (κ2) is 11.7. The summed E-state index contributed by atoms with van der Waals surface area (Å²) >= 11 is 11.9. The predicted molar refractivity (Wildman–Crippen MR) is 125 cm³/mol. The average Bonchev–Trinajstić information content (AvgIpc) is 3.45. The molecule has 0 aromatic heterocycles. The van der Waals surface area contributed by atoms with Gasteiger partial charge in [0.15, 0.2) is 0 Å². The Bertz CT molecular complexity index is 839. The van der Waals surface area contributed by atoms with Crippen molar-refractivity contribution >= 4 is 23.2 Å². The van der Waals surface area contributed by atoms with Gasteiger partial charge in [-0.1, -0.05) is 47.5 Å². The summed E-state index contributed by atoms with van der Waals surface area (Å²) in [7, 11) is 0. The molecule has 0 saturated carbocycles. The maximum Gasteiger partial charge on any atom is 0.123 e. The summed E-state index contributed by atoms with van der Waals surface area (Å²) < 4.78 is 0. The zero-order valence-corrected chi connectivity index (χ0v) is 18.8. The lowest BCUT2D eigenvalue weighted by atomic mass is 10.1. The molecule has 0 aliphatic carbocycles. The van der Waals surface area contributed by atoms with Crippen LogP contribution in [0.3, 0.4) is 0 Å². The predicted octanol–water partition coefficient (Wildman–Crippen LogP) is 5.44. The average molecular weight is 445 g/mol. The molecule has 0 radical (unpaired) electrons. The van der Waals surface area contributed by atoms with E-state index < -0.39 is 0 Å². The van der Waals surface area contributed by atoms with Crippen LogP contribution in [0.15, 0.2) is 48.5 Å². The molecule has 4 rings (SSSR count). The van der Waals surface area contributed by atoms with E-state index in [1.54, 1.807) is 0 Å². The van der Waals surface area contributed by atoms with Crippen LogP contribution in [0.1, 0.15) is 48.9 Å². The normalized spacial score (nSPS) is 19.0. The standard InChI is InChI=1S/C12H17ClN2.C12H13ClN2/c2*13-11-5-3-4-10(8-11)12(9-14)15-6-1-2-7-15/h3-5,8,12H,1-2,6-7,9,14H2;3-5,8,12H,1-2,6-7H2. The number of nitrogens with two attached hydrogens (primary N) is 1. The molecule has 2 N–H and O–H groups in total. The Kier molecular flexibility index (Phi) is 8.99. The number of benzene rings is 2. The van der Waals surface area contributed by atoms with Crippen LogP contribution in [0.2, 0.25) is 10.0 Å². The molecule has 0 amide bonds. The zero-order valence-electron chi connectivity index (χ0n) is 17.3. The van der Waals surface area contributed by atoms with Crippen LogP contribution in [-0.4, -0.2) is 42.5 Å². The van der Waals surface area contributed by atoms with Gasteiger partial charge in [0.25, 0.3) is 0 Å². The second-order valence-corrected chi connectivity index (χ2v) is 8.75. The molecule has 2 aliphatic heterocycles. The Hall–Kier alpha value is -1.61. The van der Waals surface area contributed by atoms with Crippen LogP contribution in [0.4, 0.5) is 0 Å². The van der Waals surface area contributed by atoms with Crippen molar-refractivity contribution in [3.05, 3.63) is 69.7 Å². The third kappa shape index (κ3) is 6.20. The lowest BCUT2D eigenvalue weighted by Gasteiger charge is -2.26. The van der Waals surface area contributed by atoms with Gasteiger partial charge in [0.1, 0.15) is 6.04 Å². The van der Waals surface area contributed by atoms with Gasteiger partial charge in [-0.25, -0.2) is 0 Å². The molecule has 2 fully saturated rings. The maximum absolute atomic E-state index is 9.20. The molecule has 2 unspecified atom stereocenters. The van der Waals surface area contributed by atoms with Crippen molar-refractivity contribution in [2.45, 2.75) is 37.8 Å². The van der Waals surface area contributed by atoms with Crippen molar-refractivity contribution < 1.29 is 0 Å². The van der Waals surface area contributed by atoms with Gasteiger partial charge < -0.3 is 5.73 Å². The van der Waals surface area contributed by atoms with Crippen LogP contribution in [0.5, 0.6) is 0 Å². The first-order valence-electron chi connectivity index (χ1n) is 10.7. The SMILES string of the molecule is N#CC(c1cccc(Cl)c1)N1CCCC1.NCC(c1cccc(Cl)c1)N1CCCC1. The van der Waals surface area contributed by atoms with Crippen LogP contribution >= 0.6 is 23.2 Å². The Morgan fingerprint density at radius 2 is 1.33 bits per heavy atom. The van der Waals surface area contributed by atoms with E-state index in [1.165, 1.54) is 31.2 Å². The molecule has 2 aromatic carbocycles. The van der Waals surface area contributed by atoms with E-state index in [4.69, 9.17) is 28.9 Å². The summed E-state index contributed by atoms with van der Waals surface area (Å²) in [5.74, 6) is 0. The number of nitriles is 1. The van der Waals surface area contributed by atoms with Crippen LogP contribution in [0.25, 0.3) is 0 Å². The summed E-state index contributed by atoms with van der Waals surface area (Å²) in [6, 6.07) is 18.2. The first kappa shape index (κ1) is 23.1. The van der Waals surface area contributed by atoms with E-state index in [-0.39, 0.29) is 6.04 Å². The number of likely N-dealkylation sites (tertiary alicyclic amines) is 2. The van der Waals surface area contributed by atoms with Crippen LogP contribution in [0, 0.1) is 11.3 Å². The molecule has 4 nitrogen and oxygen atoms in total. The highest BCUT2D eigenvalue weighted by atomic mass is 35.5. The van der Waals surface area contributed by atoms with E-state index in [1.807, 2.05) is 42.5 Å². The van der Waals surface area contributed by atoms with Crippen LogP contribution < -0.4 is 5.73 Å². The number of halogens is 2. The minimum atomic E-state index is -0.133. The van der Waals surface area contributed by atoms with Gasteiger partial charge in [0.2, 0.25) is 0 Å². The fourth-order valence-corrected chi connectivity index (χ4v) is 4.70. The fraction of sp³-hybridized carbons (Fsp3) is 0.458. The minimum Gasteiger partial charge on any atom is -0.329 e.